The third-order valence-electron chi connectivity index (χ3n) is 4.86. The van der Waals surface area contributed by atoms with E-state index in [1.165, 1.54) is 0 Å². The molecule has 0 saturated carbocycles. The van der Waals surface area contributed by atoms with Gasteiger partial charge in [0, 0.05) is 17.5 Å². The molecule has 1 amide bonds. The molecule has 1 N–H and O–H groups in total. The molecule has 1 aromatic heterocycles. The highest BCUT2D eigenvalue weighted by Crippen LogP contribution is 2.28. The minimum atomic E-state index is -0.0837. The second-order valence-corrected chi connectivity index (χ2v) is 6.42. The van der Waals surface area contributed by atoms with Gasteiger partial charge in [-0.3, -0.25) is 4.79 Å². The molecule has 0 aliphatic carbocycles. The van der Waals surface area contributed by atoms with Crippen LogP contribution < -0.4 is 0 Å². The van der Waals surface area contributed by atoms with Crippen molar-refractivity contribution >= 4 is 16.8 Å². The molecule has 25 heavy (non-hydrogen) atoms. The van der Waals surface area contributed by atoms with Gasteiger partial charge in [-0.05, 0) is 25.0 Å². The van der Waals surface area contributed by atoms with Crippen LogP contribution in [0.15, 0.2) is 60.7 Å². The molecule has 0 bridgehead atoms. The van der Waals surface area contributed by atoms with Crippen LogP contribution in [0.5, 0.6) is 0 Å². The zero-order valence-electron chi connectivity index (χ0n) is 13.9. The molecule has 1 aliphatic heterocycles. The van der Waals surface area contributed by atoms with Gasteiger partial charge in [-0.25, -0.2) is 4.98 Å². The minimum Gasteiger partial charge on any atom is -0.394 e. The number of hydrogen-bond acceptors (Lipinski definition) is 3. The van der Waals surface area contributed by atoms with Crippen LogP contribution in [0.3, 0.4) is 0 Å². The maximum Gasteiger partial charge on any atom is 0.254 e. The van der Waals surface area contributed by atoms with Gasteiger partial charge in [0.25, 0.3) is 5.91 Å². The Hall–Kier alpha value is -2.72. The van der Waals surface area contributed by atoms with E-state index < -0.39 is 0 Å². The molecule has 1 saturated heterocycles. The minimum absolute atomic E-state index is 0.0142. The van der Waals surface area contributed by atoms with Crippen molar-refractivity contribution in [1.29, 1.82) is 0 Å². The van der Waals surface area contributed by atoms with Gasteiger partial charge in [-0.15, -0.1) is 0 Å². The van der Waals surface area contributed by atoms with Crippen LogP contribution in [0.4, 0.5) is 0 Å². The smallest absolute Gasteiger partial charge is 0.254 e. The first kappa shape index (κ1) is 15.8. The van der Waals surface area contributed by atoms with E-state index in [-0.39, 0.29) is 18.6 Å². The Balaban J connectivity index is 1.86. The summed E-state index contributed by atoms with van der Waals surface area (Å²) in [5.41, 5.74) is 3.25. The van der Waals surface area contributed by atoms with Crippen molar-refractivity contribution in [2.45, 2.75) is 18.9 Å². The molecule has 2 heterocycles. The number of carbonyl (C=O) groups excluding carboxylic acids is 1. The quantitative estimate of drug-likeness (QED) is 0.799. The number of likely N-dealkylation sites (tertiary alicyclic amines) is 1. The Morgan fingerprint density at radius 1 is 1.12 bits per heavy atom. The van der Waals surface area contributed by atoms with E-state index in [0.29, 0.717) is 12.1 Å². The van der Waals surface area contributed by atoms with Gasteiger partial charge in [0.2, 0.25) is 0 Å². The van der Waals surface area contributed by atoms with Crippen molar-refractivity contribution < 1.29 is 9.90 Å². The lowest BCUT2D eigenvalue weighted by atomic mass is 10.0. The summed E-state index contributed by atoms with van der Waals surface area (Å²) < 4.78 is 0. The fourth-order valence-electron chi connectivity index (χ4n) is 3.56. The number of para-hydroxylation sites is 1. The Labute approximate surface area is 146 Å². The van der Waals surface area contributed by atoms with Crippen LogP contribution in [-0.2, 0) is 0 Å². The first-order valence-corrected chi connectivity index (χ1v) is 8.65. The predicted molar refractivity (Wildman–Crippen MR) is 98.3 cm³/mol. The lowest BCUT2D eigenvalue weighted by Gasteiger charge is -2.24. The van der Waals surface area contributed by atoms with Gasteiger partial charge < -0.3 is 10.0 Å². The molecular weight excluding hydrogens is 312 g/mol. The van der Waals surface area contributed by atoms with Crippen molar-refractivity contribution in [1.82, 2.24) is 9.88 Å². The van der Waals surface area contributed by atoms with Gasteiger partial charge in [-0.2, -0.15) is 0 Å². The number of nitrogens with zero attached hydrogens (tertiary/aromatic N) is 2. The van der Waals surface area contributed by atoms with E-state index in [9.17, 15) is 9.90 Å². The molecule has 0 unspecified atom stereocenters. The Morgan fingerprint density at radius 2 is 1.88 bits per heavy atom. The molecule has 0 spiro atoms. The van der Waals surface area contributed by atoms with Crippen LogP contribution >= 0.6 is 0 Å². The fraction of sp³-hybridized carbons (Fsp3) is 0.238. The average molecular weight is 332 g/mol. The zero-order valence-corrected chi connectivity index (χ0v) is 13.9. The number of aliphatic hydroxyl groups is 1. The lowest BCUT2D eigenvalue weighted by Crippen LogP contribution is -2.37. The van der Waals surface area contributed by atoms with Gasteiger partial charge in [0.05, 0.1) is 29.4 Å². The predicted octanol–water partition coefficient (Wildman–Crippen LogP) is 3.50. The topological polar surface area (TPSA) is 53.4 Å². The van der Waals surface area contributed by atoms with Crippen LogP contribution in [-0.4, -0.2) is 40.1 Å². The SMILES string of the molecule is O=C(c1cc(-c2ccccc2)nc2ccccc12)N1CCC[C@@H]1CO. The lowest BCUT2D eigenvalue weighted by molar-refractivity contribution is 0.0679. The largest absolute Gasteiger partial charge is 0.394 e. The highest BCUT2D eigenvalue weighted by Gasteiger charge is 2.30. The summed E-state index contributed by atoms with van der Waals surface area (Å²) in [4.78, 5) is 19.7. The number of carbonyl (C=O) groups is 1. The van der Waals surface area contributed by atoms with E-state index in [2.05, 4.69) is 0 Å². The molecule has 126 valence electrons. The van der Waals surface area contributed by atoms with E-state index in [1.54, 1.807) is 4.90 Å². The number of hydrogen-bond donors (Lipinski definition) is 1. The highest BCUT2D eigenvalue weighted by atomic mass is 16.3. The van der Waals surface area contributed by atoms with Crippen molar-refractivity contribution in [2.75, 3.05) is 13.2 Å². The summed E-state index contributed by atoms with van der Waals surface area (Å²) >= 11 is 0. The summed E-state index contributed by atoms with van der Waals surface area (Å²) in [6.45, 7) is 0.710. The molecule has 4 heteroatoms. The summed E-state index contributed by atoms with van der Waals surface area (Å²) in [6, 6.07) is 19.4. The van der Waals surface area contributed by atoms with Gasteiger partial charge >= 0.3 is 0 Å². The molecule has 3 aromatic rings. The Morgan fingerprint density at radius 3 is 2.68 bits per heavy atom. The van der Waals surface area contributed by atoms with Crippen molar-refractivity contribution in [2.24, 2.45) is 0 Å². The maximum atomic E-state index is 13.2. The number of rotatable bonds is 3. The van der Waals surface area contributed by atoms with E-state index in [1.807, 2.05) is 60.7 Å². The standard InChI is InChI=1S/C21H20N2O2/c24-14-16-9-6-12-23(16)21(25)18-13-20(15-7-2-1-3-8-15)22-19-11-5-4-10-17(18)19/h1-5,7-8,10-11,13,16,24H,6,9,12,14H2/t16-/m1/s1. The van der Waals surface area contributed by atoms with E-state index >= 15 is 0 Å². The van der Waals surface area contributed by atoms with Crippen molar-refractivity contribution in [3.63, 3.8) is 0 Å². The summed E-state index contributed by atoms with van der Waals surface area (Å²) in [6.07, 6.45) is 1.79. The maximum absolute atomic E-state index is 13.2. The van der Waals surface area contributed by atoms with Crippen molar-refractivity contribution in [3.05, 3.63) is 66.2 Å². The molecule has 4 nitrogen and oxygen atoms in total. The highest BCUT2D eigenvalue weighted by molar-refractivity contribution is 6.07. The molecule has 1 fully saturated rings. The first-order valence-electron chi connectivity index (χ1n) is 8.65. The summed E-state index contributed by atoms with van der Waals surface area (Å²) in [5.74, 6) is -0.0210. The van der Waals surface area contributed by atoms with Crippen molar-refractivity contribution in [3.8, 4) is 11.3 Å². The van der Waals surface area contributed by atoms with Crippen LogP contribution in [0.2, 0.25) is 0 Å². The second-order valence-electron chi connectivity index (χ2n) is 6.42. The zero-order chi connectivity index (χ0) is 17.2. The molecule has 1 atom stereocenters. The van der Waals surface area contributed by atoms with E-state index in [0.717, 1.165) is 35.0 Å². The molecule has 4 rings (SSSR count). The molecule has 0 radical (unpaired) electrons. The van der Waals surface area contributed by atoms with Gasteiger partial charge in [0.1, 0.15) is 0 Å². The Kier molecular flexibility index (Phi) is 4.20. The van der Waals surface area contributed by atoms with Crippen LogP contribution in [0.25, 0.3) is 22.2 Å². The van der Waals surface area contributed by atoms with E-state index in [4.69, 9.17) is 4.98 Å². The average Bonchev–Trinajstić information content (AvgIpc) is 3.16. The number of pyridine rings is 1. The van der Waals surface area contributed by atoms with Crippen LogP contribution in [0.1, 0.15) is 23.2 Å². The number of aromatic nitrogens is 1. The van der Waals surface area contributed by atoms with Crippen LogP contribution in [0, 0.1) is 0 Å². The van der Waals surface area contributed by atoms with Gasteiger partial charge in [0.15, 0.2) is 0 Å². The molecule has 2 aromatic carbocycles. The number of amides is 1. The Bertz CT molecular complexity index is 908. The van der Waals surface area contributed by atoms with Gasteiger partial charge in [-0.1, -0.05) is 48.5 Å². The second kappa shape index (κ2) is 6.65. The molecule has 1 aliphatic rings. The normalized spacial score (nSPS) is 17.2. The first-order chi connectivity index (χ1) is 12.3. The monoisotopic (exact) mass is 332 g/mol. The third kappa shape index (κ3) is 2.89. The summed E-state index contributed by atoms with van der Waals surface area (Å²) in [7, 11) is 0. The summed E-state index contributed by atoms with van der Waals surface area (Å²) in [5, 5.41) is 10.4. The number of aliphatic hydroxyl groups excluding tert-OH is 1. The number of benzene rings is 2. The third-order valence-corrected chi connectivity index (χ3v) is 4.86. The molecular formula is C21H20N2O2. The number of fused-ring (bicyclic) bond motifs is 1. The fourth-order valence-corrected chi connectivity index (χ4v) is 3.56.